The van der Waals surface area contributed by atoms with E-state index in [0.29, 0.717) is 0 Å². The van der Waals surface area contributed by atoms with Gasteiger partial charge in [0.1, 0.15) is 0 Å². The Morgan fingerprint density at radius 1 is 0.278 bits per heavy atom. The van der Waals surface area contributed by atoms with Crippen LogP contribution < -0.4 is 0 Å². The minimum atomic E-state index is 0.992. The van der Waals surface area contributed by atoms with Crippen LogP contribution in [0.1, 0.15) is 384 Å². The molecule has 1 aliphatic rings. The van der Waals surface area contributed by atoms with E-state index in [1.165, 1.54) is 338 Å². The Labute approximate surface area is 501 Å². The molecule has 2 aromatic rings. The fraction of sp³-hybridized carbons (Fsp3) is 0.789. The number of aryl methyl sites for hydroxylation is 4. The van der Waals surface area contributed by atoms with Gasteiger partial charge < -0.3 is 5.53 Å². The van der Waals surface area contributed by atoms with Crippen LogP contribution in [0.25, 0.3) is 16.9 Å². The Morgan fingerprint density at radius 2 is 0.519 bits per heavy atom. The summed E-state index contributed by atoms with van der Waals surface area (Å²) < 4.78 is 1.57. The summed E-state index contributed by atoms with van der Waals surface area (Å²) in [5.41, 5.74) is 24.6. The van der Waals surface area contributed by atoms with Crippen LogP contribution in [0, 0.1) is 0 Å². The van der Waals surface area contributed by atoms with Crippen LogP contribution in [0.2, 0.25) is 10.8 Å². The van der Waals surface area contributed by atoms with Crippen LogP contribution in [0.3, 0.4) is 0 Å². The predicted molar refractivity (Wildman–Crippen MR) is 353 cm³/mol. The van der Waals surface area contributed by atoms with Gasteiger partial charge in [0.05, 0.1) is 0 Å². The molecule has 79 heavy (non-hydrogen) atoms. The monoisotopic (exact) mass is 1130 g/mol. The summed E-state index contributed by atoms with van der Waals surface area (Å²) in [6, 6.07) is 14.3. The molecule has 458 valence electrons. The van der Waals surface area contributed by atoms with Gasteiger partial charge in [0, 0.05) is 22.3 Å². The number of unbranched alkanes of at least 4 members (excludes halogenated alkanes) is 38. The topological polar surface area (TPSA) is 25.3 Å². The fourth-order valence-electron chi connectivity index (χ4n) is 12.0. The Kier molecular flexibility index (Phi) is 48.9. The van der Waals surface area contributed by atoms with Gasteiger partial charge in [-0.2, -0.15) is 0 Å². The summed E-state index contributed by atoms with van der Waals surface area (Å²) in [6.45, 7) is 18.2. The Balaban J connectivity index is 0.000000541. The number of nitrogens with zero attached hydrogens (tertiary/aromatic N) is 2. The predicted octanol–water partition coefficient (Wildman–Crippen LogP) is 27.0. The molecular weight excluding hydrogens is 1000 g/mol. The Bertz CT molecular complexity index is 1710. The molecule has 0 radical (unpaired) electrons. The van der Waals surface area contributed by atoms with E-state index in [9.17, 15) is 5.53 Å². The summed E-state index contributed by atoms with van der Waals surface area (Å²) in [4.78, 5) is 0. The Morgan fingerprint density at radius 3 is 0.797 bits per heavy atom. The summed E-state index contributed by atoms with van der Waals surface area (Å²) in [7, 11) is 0. The minimum Gasteiger partial charge on any atom is -0.0654 e. The van der Waals surface area contributed by atoms with Crippen LogP contribution in [-0.2, 0) is 40.1 Å². The maximum absolute atomic E-state index is 12.0. The molecule has 2 aromatic carbocycles. The zero-order valence-electron chi connectivity index (χ0n) is 54.4. The molecule has 0 N–H and O–H groups in total. The van der Waals surface area contributed by atoms with Crippen molar-refractivity contribution in [3.63, 3.8) is 0 Å². The molecule has 0 saturated carbocycles. The third-order valence-corrected chi connectivity index (χ3v) is 18.5. The van der Waals surface area contributed by atoms with Crippen molar-refractivity contribution < 1.29 is 19.1 Å². The van der Waals surface area contributed by atoms with Crippen molar-refractivity contribution in [2.24, 2.45) is 0 Å². The summed E-state index contributed by atoms with van der Waals surface area (Å²) >= 11 is 2.05. The van der Waals surface area contributed by atoms with Crippen molar-refractivity contribution in [2.45, 2.75) is 387 Å². The molecule has 0 amide bonds. The standard InChI is InChI=1S/C38H56N2.2C19H39.Ni/c1-7-12-17-22-36-29(6)37(34-25-30(18-13-8-2)23-31(26-34)19-14-9-3)40(39)38(36)35-27-32(20-15-10-4)24-33(28-35)21-16-11-5;2*1-3-5-7-9-11-13-15-17-19-18-16-14-12-10-8-6-4-2;/h23-28H,7-22H2,1-6H3;2*1,3-19H2,2H3;. The van der Waals surface area contributed by atoms with Crippen molar-refractivity contribution in [3.05, 3.63) is 86.5 Å². The van der Waals surface area contributed by atoms with Crippen molar-refractivity contribution in [2.75, 3.05) is 0 Å². The number of benzene rings is 2. The third-order valence-electron chi connectivity index (χ3n) is 17.1. The van der Waals surface area contributed by atoms with E-state index in [0.717, 1.165) is 49.9 Å². The molecule has 0 fully saturated rings. The molecule has 0 aliphatic carbocycles. The van der Waals surface area contributed by atoms with E-state index >= 15 is 0 Å². The van der Waals surface area contributed by atoms with Crippen molar-refractivity contribution in [1.82, 2.24) is 0 Å². The molecule has 0 spiro atoms. The van der Waals surface area contributed by atoms with Crippen molar-refractivity contribution in [3.8, 4) is 0 Å². The van der Waals surface area contributed by atoms with Crippen molar-refractivity contribution >= 4 is 11.4 Å². The number of hydrogen-bond acceptors (Lipinski definition) is 0. The molecule has 3 heteroatoms. The molecule has 3 rings (SSSR count). The summed E-state index contributed by atoms with van der Waals surface area (Å²) in [5, 5.41) is 2.87. The van der Waals surface area contributed by atoms with Gasteiger partial charge in [-0.05, 0) is 118 Å². The second-order valence-corrected chi connectivity index (χ2v) is 26.3. The normalized spacial score (nSPS) is 12.7. The molecule has 0 atom stereocenters. The minimum absolute atomic E-state index is 0.992. The first-order chi connectivity index (χ1) is 38.9. The van der Waals surface area contributed by atoms with E-state index < -0.39 is 0 Å². The molecule has 1 heterocycles. The van der Waals surface area contributed by atoms with Crippen molar-refractivity contribution in [1.29, 1.82) is 0 Å². The fourth-order valence-corrected chi connectivity index (χ4v) is 13.2. The molecule has 2 nitrogen and oxygen atoms in total. The Hall–Kier alpha value is -1.99. The van der Waals surface area contributed by atoms with Gasteiger partial charge in [-0.1, -0.05) is 176 Å². The molecule has 1 aliphatic heterocycles. The number of hydrogen-bond donors (Lipinski definition) is 0. The zero-order valence-corrected chi connectivity index (χ0v) is 55.4. The first kappa shape index (κ1) is 73.1. The van der Waals surface area contributed by atoms with Crippen LogP contribution in [0.15, 0.2) is 47.5 Å². The summed E-state index contributed by atoms with van der Waals surface area (Å²) in [5.74, 6) is 0. The molecule has 0 bridgehead atoms. The zero-order chi connectivity index (χ0) is 57.1. The smallest absolute Gasteiger partial charge is 0.0654 e. The first-order valence-corrected chi connectivity index (χ1v) is 36.9. The maximum atomic E-state index is 12.0. The summed E-state index contributed by atoms with van der Waals surface area (Å²) in [6.07, 6.45) is 68.8. The van der Waals surface area contributed by atoms with Crippen LogP contribution in [0.5, 0.6) is 0 Å². The quantitative estimate of drug-likeness (QED) is 0.0358. The second kappa shape index (κ2) is 52.8. The molecule has 0 saturated heterocycles. The van der Waals surface area contributed by atoms with Gasteiger partial charge in [0.2, 0.25) is 11.4 Å². The van der Waals surface area contributed by atoms with E-state index in [1.54, 1.807) is 4.70 Å². The number of allylic oxidation sites excluding steroid dienone is 2. The van der Waals surface area contributed by atoms with Gasteiger partial charge in [-0.3, -0.25) is 0 Å². The SMILES string of the molecule is CCCCCC1=C(c2cc(CCCC)cc(CCCC)c2)[N+](=[N-])C(c2cc(CCCC)cc(CCCC)c2)=C1C.CCCCCCCCCCCCCCCCCC[CH2][Ni][CH2]CCCCCCCCCCCCCCCCCC. The van der Waals surface area contributed by atoms with E-state index in [-0.39, 0.29) is 0 Å². The average Bonchev–Trinajstić information content (AvgIpc) is 4.00. The van der Waals surface area contributed by atoms with Gasteiger partial charge in [0.25, 0.3) is 0 Å². The third kappa shape index (κ3) is 36.4. The van der Waals surface area contributed by atoms with Gasteiger partial charge in [-0.15, -0.1) is 0 Å². The van der Waals surface area contributed by atoms with E-state index in [2.05, 4.69) is 91.8 Å². The van der Waals surface area contributed by atoms with E-state index in [4.69, 9.17) is 0 Å². The van der Waals surface area contributed by atoms with Crippen LogP contribution >= 0.6 is 0 Å². The second-order valence-electron chi connectivity index (χ2n) is 24.8. The first-order valence-electron chi connectivity index (χ1n) is 35.5. The van der Waals surface area contributed by atoms with E-state index in [1.807, 2.05) is 14.4 Å². The van der Waals surface area contributed by atoms with Gasteiger partial charge in [-0.25, -0.2) is 4.70 Å². The molecular formula is C76H134N2Ni. The van der Waals surface area contributed by atoms with Gasteiger partial charge >= 0.3 is 166 Å². The van der Waals surface area contributed by atoms with Gasteiger partial charge in [0.15, 0.2) is 0 Å². The average molecular weight is 1130 g/mol. The molecule has 0 aromatic heterocycles. The van der Waals surface area contributed by atoms with Crippen LogP contribution in [0.4, 0.5) is 0 Å². The van der Waals surface area contributed by atoms with Crippen LogP contribution in [-0.4, -0.2) is 4.70 Å². The molecule has 0 unspecified atom stereocenters. The number of rotatable bonds is 54.